The second-order valence-corrected chi connectivity index (χ2v) is 4.91. The van der Waals surface area contributed by atoms with E-state index in [9.17, 15) is 18.4 Å². The lowest BCUT2D eigenvalue weighted by Crippen LogP contribution is -2.26. The molecule has 0 aliphatic heterocycles. The number of halogens is 2. The van der Waals surface area contributed by atoms with Gasteiger partial charge in [-0.2, -0.15) is 5.10 Å². The number of rotatable bonds is 6. The molecule has 6 nitrogen and oxygen atoms in total. The molecule has 23 heavy (non-hydrogen) atoms. The molecule has 8 heteroatoms. The van der Waals surface area contributed by atoms with Gasteiger partial charge in [-0.15, -0.1) is 0 Å². The van der Waals surface area contributed by atoms with Gasteiger partial charge in [0.25, 0.3) is 5.91 Å². The van der Waals surface area contributed by atoms with E-state index in [-0.39, 0.29) is 24.4 Å². The largest absolute Gasteiger partial charge is 0.352 e. The van der Waals surface area contributed by atoms with Crippen molar-refractivity contribution in [3.05, 3.63) is 47.7 Å². The minimum absolute atomic E-state index is 0.183. The van der Waals surface area contributed by atoms with E-state index in [1.165, 1.54) is 0 Å². The highest BCUT2D eigenvalue weighted by Gasteiger charge is 2.12. The zero-order valence-electron chi connectivity index (χ0n) is 12.5. The van der Waals surface area contributed by atoms with Crippen LogP contribution in [0, 0.1) is 11.6 Å². The number of hydrogen-bond donors (Lipinski definition) is 2. The van der Waals surface area contributed by atoms with E-state index >= 15 is 0 Å². The summed E-state index contributed by atoms with van der Waals surface area (Å²) >= 11 is 0. The van der Waals surface area contributed by atoms with Crippen LogP contribution in [0.25, 0.3) is 0 Å². The molecule has 0 spiro atoms. The molecule has 2 aromatic rings. The Morgan fingerprint density at radius 1 is 1.26 bits per heavy atom. The van der Waals surface area contributed by atoms with Crippen LogP contribution in [0.3, 0.4) is 0 Å². The van der Waals surface area contributed by atoms with Crippen molar-refractivity contribution < 1.29 is 18.4 Å². The third-order valence-corrected chi connectivity index (χ3v) is 3.02. The second kappa shape index (κ2) is 7.48. The average Bonchev–Trinajstić information content (AvgIpc) is 2.88. The van der Waals surface area contributed by atoms with Crippen LogP contribution in [-0.4, -0.2) is 28.1 Å². The van der Waals surface area contributed by atoms with E-state index in [2.05, 4.69) is 15.7 Å². The Hall–Kier alpha value is -2.77. The molecular formula is C15H16F2N4O2. The number of anilines is 1. The lowest BCUT2D eigenvalue weighted by Gasteiger charge is -2.06. The minimum atomic E-state index is -0.921. The van der Waals surface area contributed by atoms with Crippen LogP contribution in [0.15, 0.2) is 30.5 Å². The zero-order valence-corrected chi connectivity index (χ0v) is 12.5. The number of hydrogen-bond acceptors (Lipinski definition) is 3. The number of aromatic nitrogens is 2. The van der Waals surface area contributed by atoms with E-state index in [4.69, 9.17) is 0 Å². The normalized spacial score (nSPS) is 10.4. The fourth-order valence-electron chi connectivity index (χ4n) is 1.91. The molecule has 2 N–H and O–H groups in total. The molecule has 1 aromatic heterocycles. The van der Waals surface area contributed by atoms with E-state index in [1.807, 2.05) is 0 Å². The third-order valence-electron chi connectivity index (χ3n) is 3.02. The first-order chi connectivity index (χ1) is 11.0. The van der Waals surface area contributed by atoms with Crippen molar-refractivity contribution in [2.45, 2.75) is 12.8 Å². The molecule has 0 atom stereocenters. The zero-order chi connectivity index (χ0) is 16.8. The Morgan fingerprint density at radius 3 is 2.70 bits per heavy atom. The standard InChI is InChI=1S/C15H16F2N4O2/c1-21-8-6-13(20-21)19-14(22)3-2-7-18-15(23)11-5-4-10(16)9-12(11)17/h4-6,8-9H,2-3,7H2,1H3,(H,18,23)(H,19,20,22). The number of amides is 2. The smallest absolute Gasteiger partial charge is 0.254 e. The number of benzene rings is 1. The fraction of sp³-hybridized carbons (Fsp3) is 0.267. The van der Waals surface area contributed by atoms with E-state index in [1.54, 1.807) is 24.0 Å². The molecule has 0 unspecified atom stereocenters. The molecule has 122 valence electrons. The fourth-order valence-corrected chi connectivity index (χ4v) is 1.91. The summed E-state index contributed by atoms with van der Waals surface area (Å²) in [5.41, 5.74) is -0.232. The Bertz CT molecular complexity index is 715. The lowest BCUT2D eigenvalue weighted by atomic mass is 10.2. The highest BCUT2D eigenvalue weighted by molar-refractivity contribution is 5.94. The van der Waals surface area contributed by atoms with Gasteiger partial charge in [-0.25, -0.2) is 8.78 Å². The summed E-state index contributed by atoms with van der Waals surface area (Å²) in [5, 5.41) is 9.10. The van der Waals surface area contributed by atoms with Crippen LogP contribution in [0.2, 0.25) is 0 Å². The van der Waals surface area contributed by atoms with Gasteiger partial charge in [-0.3, -0.25) is 14.3 Å². The van der Waals surface area contributed by atoms with Gasteiger partial charge >= 0.3 is 0 Å². The molecule has 0 saturated heterocycles. The molecule has 0 fully saturated rings. The maximum atomic E-state index is 13.4. The van der Waals surface area contributed by atoms with Crippen molar-refractivity contribution in [3.8, 4) is 0 Å². The maximum absolute atomic E-state index is 13.4. The highest BCUT2D eigenvalue weighted by Crippen LogP contribution is 2.09. The Morgan fingerprint density at radius 2 is 2.04 bits per heavy atom. The number of nitrogens with one attached hydrogen (secondary N) is 2. The van der Waals surface area contributed by atoms with Crippen LogP contribution in [0.1, 0.15) is 23.2 Å². The molecule has 0 radical (unpaired) electrons. The Labute approximate surface area is 131 Å². The van der Waals surface area contributed by atoms with Gasteiger partial charge in [0.15, 0.2) is 5.82 Å². The summed E-state index contributed by atoms with van der Waals surface area (Å²) in [6.07, 6.45) is 2.27. The van der Waals surface area contributed by atoms with Gasteiger partial charge < -0.3 is 10.6 Å². The predicted octanol–water partition coefficient (Wildman–Crippen LogP) is 1.85. The van der Waals surface area contributed by atoms with E-state index in [0.29, 0.717) is 18.3 Å². The van der Waals surface area contributed by atoms with Gasteiger partial charge in [-0.05, 0) is 18.6 Å². The molecule has 2 amide bonds. The van der Waals surface area contributed by atoms with Crippen LogP contribution in [-0.2, 0) is 11.8 Å². The van der Waals surface area contributed by atoms with Crippen molar-refractivity contribution in [2.24, 2.45) is 7.05 Å². The first-order valence-electron chi connectivity index (χ1n) is 6.98. The van der Waals surface area contributed by atoms with Gasteiger partial charge in [-0.1, -0.05) is 0 Å². The van der Waals surface area contributed by atoms with Crippen molar-refractivity contribution in [2.75, 3.05) is 11.9 Å². The van der Waals surface area contributed by atoms with Gasteiger partial charge in [0.2, 0.25) is 5.91 Å². The molecule has 1 aromatic carbocycles. The number of aryl methyl sites for hydroxylation is 1. The molecular weight excluding hydrogens is 306 g/mol. The summed E-state index contributed by atoms with van der Waals surface area (Å²) in [6.45, 7) is 0.200. The van der Waals surface area contributed by atoms with Crippen molar-refractivity contribution in [1.29, 1.82) is 0 Å². The number of carbonyl (C=O) groups is 2. The van der Waals surface area contributed by atoms with Gasteiger partial charge in [0.1, 0.15) is 11.6 Å². The molecule has 2 rings (SSSR count). The third kappa shape index (κ3) is 4.87. The average molecular weight is 322 g/mol. The quantitative estimate of drug-likeness (QED) is 0.797. The monoisotopic (exact) mass is 322 g/mol. The summed E-state index contributed by atoms with van der Waals surface area (Å²) in [6, 6.07) is 4.40. The van der Waals surface area contributed by atoms with Gasteiger partial charge in [0.05, 0.1) is 5.56 Å². The molecule has 0 aliphatic carbocycles. The van der Waals surface area contributed by atoms with Crippen LogP contribution < -0.4 is 10.6 Å². The SMILES string of the molecule is Cn1ccc(NC(=O)CCCNC(=O)c2ccc(F)cc2F)n1. The van der Waals surface area contributed by atoms with E-state index in [0.717, 1.165) is 12.1 Å². The van der Waals surface area contributed by atoms with Crippen LogP contribution in [0.4, 0.5) is 14.6 Å². The predicted molar refractivity (Wildman–Crippen MR) is 79.8 cm³/mol. The summed E-state index contributed by atoms with van der Waals surface area (Å²) in [7, 11) is 1.74. The lowest BCUT2D eigenvalue weighted by molar-refractivity contribution is -0.116. The van der Waals surface area contributed by atoms with Crippen LogP contribution >= 0.6 is 0 Å². The molecule has 0 bridgehead atoms. The topological polar surface area (TPSA) is 76.0 Å². The summed E-state index contributed by atoms with van der Waals surface area (Å²) in [4.78, 5) is 23.4. The molecule has 0 aliphatic rings. The number of carbonyl (C=O) groups excluding carboxylic acids is 2. The van der Waals surface area contributed by atoms with Crippen molar-refractivity contribution >= 4 is 17.6 Å². The summed E-state index contributed by atoms with van der Waals surface area (Å²) < 4.78 is 27.7. The summed E-state index contributed by atoms with van der Waals surface area (Å²) in [5.74, 6) is -2.09. The molecule has 0 saturated carbocycles. The van der Waals surface area contributed by atoms with E-state index < -0.39 is 17.5 Å². The van der Waals surface area contributed by atoms with Gasteiger partial charge in [0, 0.05) is 38.3 Å². The maximum Gasteiger partial charge on any atom is 0.254 e. The second-order valence-electron chi connectivity index (χ2n) is 4.91. The van der Waals surface area contributed by atoms with Crippen molar-refractivity contribution in [1.82, 2.24) is 15.1 Å². The number of nitrogens with zero attached hydrogens (tertiary/aromatic N) is 2. The Kier molecular flexibility index (Phi) is 5.40. The first-order valence-corrected chi connectivity index (χ1v) is 6.98. The highest BCUT2D eigenvalue weighted by atomic mass is 19.1. The van der Waals surface area contributed by atoms with Crippen molar-refractivity contribution in [3.63, 3.8) is 0 Å². The Balaban J connectivity index is 1.72. The van der Waals surface area contributed by atoms with Crippen LogP contribution in [0.5, 0.6) is 0 Å². The first kappa shape index (κ1) is 16.6. The molecule has 1 heterocycles. The minimum Gasteiger partial charge on any atom is -0.352 e.